The van der Waals surface area contributed by atoms with Crippen molar-refractivity contribution in [3.05, 3.63) is 99.0 Å². The summed E-state index contributed by atoms with van der Waals surface area (Å²) in [4.78, 5) is 64.1. The van der Waals surface area contributed by atoms with Gasteiger partial charge < -0.3 is 14.4 Å². The van der Waals surface area contributed by atoms with E-state index in [1.165, 1.54) is 11.5 Å². The normalized spacial score (nSPS) is 20.7. The average molecular weight is 594 g/mol. The van der Waals surface area contributed by atoms with E-state index in [4.69, 9.17) is 14.5 Å². The molecule has 2 atom stereocenters. The molecule has 7 rings (SSSR count). The molecule has 2 aromatic carbocycles. The largest absolute Gasteiger partial charge is 0.493 e. The third-order valence-corrected chi connectivity index (χ3v) is 9.17. The molecule has 44 heavy (non-hydrogen) atoms. The Balaban J connectivity index is 1.36. The van der Waals surface area contributed by atoms with Crippen molar-refractivity contribution in [2.75, 3.05) is 32.2 Å². The Bertz CT molecular complexity index is 1940. The number of urea groups is 1. The summed E-state index contributed by atoms with van der Waals surface area (Å²) in [5.41, 5.74) is 2.18. The standard InChI is InChI=1S/C33H31N5O6/c1-19-7-6-14-37-27(19)34-28-23(29(37)39)18-33(26-22-9-5-4-8-21(22)13-16-36(26)28)30(40)35-32(42)38(31(33)41)15-12-20-10-11-24(43-2)25(17-20)44-3/h4-11,14,17,26H,12-13,15-16,18H2,1-3H3,(H,35,40,42)/t26-,33-/m0/s1. The van der Waals surface area contributed by atoms with Gasteiger partial charge in [0.25, 0.3) is 5.56 Å². The zero-order chi connectivity index (χ0) is 30.7. The van der Waals surface area contributed by atoms with Crippen molar-refractivity contribution in [3.63, 3.8) is 0 Å². The lowest BCUT2D eigenvalue weighted by molar-refractivity contribution is -0.154. The number of carbonyl (C=O) groups is 3. The first-order valence-corrected chi connectivity index (χ1v) is 14.5. The number of pyridine rings is 1. The van der Waals surface area contributed by atoms with E-state index in [2.05, 4.69) is 5.32 Å². The second-order valence-electron chi connectivity index (χ2n) is 11.5. The molecule has 0 radical (unpaired) electrons. The van der Waals surface area contributed by atoms with Crippen LogP contribution in [-0.4, -0.2) is 59.4 Å². The SMILES string of the molecule is COc1ccc(CCN2C(=O)NC(=O)[C@@]3(Cc4c(nc5c(C)cccn5c4=O)N4CCc5ccccc5[C@H]43)C2=O)cc1OC. The molecule has 0 bridgehead atoms. The number of nitrogens with zero attached hydrogens (tertiary/aromatic N) is 4. The zero-order valence-electron chi connectivity index (χ0n) is 24.6. The summed E-state index contributed by atoms with van der Waals surface area (Å²) in [5, 5.41) is 2.48. The number of nitrogens with one attached hydrogen (secondary N) is 1. The van der Waals surface area contributed by atoms with Crippen LogP contribution in [0.2, 0.25) is 0 Å². The van der Waals surface area contributed by atoms with Gasteiger partial charge in [0.1, 0.15) is 11.5 Å². The van der Waals surface area contributed by atoms with Crippen LogP contribution < -0.4 is 25.2 Å². The van der Waals surface area contributed by atoms with Gasteiger partial charge in [-0.05, 0) is 60.2 Å². The van der Waals surface area contributed by atoms with Gasteiger partial charge in [-0.25, -0.2) is 9.78 Å². The number of rotatable bonds is 5. The van der Waals surface area contributed by atoms with Crippen LogP contribution in [0.25, 0.3) is 5.65 Å². The van der Waals surface area contributed by atoms with Gasteiger partial charge in [-0.3, -0.25) is 29.0 Å². The minimum absolute atomic E-state index is 0.0184. The van der Waals surface area contributed by atoms with Gasteiger partial charge >= 0.3 is 6.03 Å². The van der Waals surface area contributed by atoms with Crippen LogP contribution in [0, 0.1) is 12.3 Å². The average Bonchev–Trinajstić information content (AvgIpc) is 3.04. The number of hydrogen-bond acceptors (Lipinski definition) is 8. The van der Waals surface area contributed by atoms with Crippen LogP contribution >= 0.6 is 0 Å². The van der Waals surface area contributed by atoms with Crippen molar-refractivity contribution in [1.29, 1.82) is 0 Å². The fourth-order valence-electron chi connectivity index (χ4n) is 7.00. The van der Waals surface area contributed by atoms with Crippen LogP contribution in [0.3, 0.4) is 0 Å². The van der Waals surface area contributed by atoms with Crippen LogP contribution in [0.1, 0.15) is 33.9 Å². The Morgan fingerprint density at radius 3 is 2.59 bits per heavy atom. The summed E-state index contributed by atoms with van der Waals surface area (Å²) in [6, 6.07) is 15.2. The number of fused-ring (bicyclic) bond motifs is 7. The van der Waals surface area contributed by atoms with Crippen molar-refractivity contribution in [2.24, 2.45) is 5.41 Å². The molecule has 1 N–H and O–H groups in total. The van der Waals surface area contributed by atoms with Crippen molar-refractivity contribution in [3.8, 4) is 11.5 Å². The summed E-state index contributed by atoms with van der Waals surface area (Å²) in [6.07, 6.45) is 2.42. The van der Waals surface area contributed by atoms with Gasteiger partial charge in [0.15, 0.2) is 16.9 Å². The second kappa shape index (κ2) is 10.2. The maximum absolute atomic E-state index is 14.7. The number of carbonyl (C=O) groups excluding carboxylic acids is 3. The Hall–Kier alpha value is -5.19. The van der Waals surface area contributed by atoms with Gasteiger partial charge in [0, 0.05) is 25.7 Å². The summed E-state index contributed by atoms with van der Waals surface area (Å²) < 4.78 is 12.2. The number of imide groups is 2. The number of methoxy groups -OCH3 is 2. The van der Waals surface area contributed by atoms with E-state index >= 15 is 0 Å². The summed E-state index contributed by atoms with van der Waals surface area (Å²) in [6.45, 7) is 2.36. The van der Waals surface area contributed by atoms with E-state index in [-0.39, 0.29) is 24.1 Å². The van der Waals surface area contributed by atoms with Crippen molar-refractivity contribution >= 4 is 29.3 Å². The fraction of sp³-hybridized carbons (Fsp3) is 0.303. The third-order valence-electron chi connectivity index (χ3n) is 9.17. The van der Waals surface area contributed by atoms with E-state index < -0.39 is 29.3 Å². The minimum atomic E-state index is -1.77. The smallest absolute Gasteiger partial charge is 0.330 e. The maximum atomic E-state index is 14.7. The molecule has 1 spiro atoms. The molecule has 2 aromatic heterocycles. The Labute approximate surface area is 253 Å². The molecule has 0 aliphatic carbocycles. The van der Waals surface area contributed by atoms with E-state index in [1.807, 2.05) is 48.2 Å². The predicted octanol–water partition coefficient (Wildman–Crippen LogP) is 2.99. The minimum Gasteiger partial charge on any atom is -0.493 e. The van der Waals surface area contributed by atoms with Gasteiger partial charge in [0.2, 0.25) is 11.8 Å². The highest BCUT2D eigenvalue weighted by molar-refractivity contribution is 6.20. The van der Waals surface area contributed by atoms with E-state index in [1.54, 1.807) is 31.5 Å². The lowest BCUT2D eigenvalue weighted by Gasteiger charge is -2.53. The molecule has 4 amide bonds. The first kappa shape index (κ1) is 27.6. The molecule has 11 heteroatoms. The van der Waals surface area contributed by atoms with Crippen molar-refractivity contribution < 1.29 is 23.9 Å². The predicted molar refractivity (Wildman–Crippen MR) is 161 cm³/mol. The van der Waals surface area contributed by atoms with Crippen LogP contribution in [0.4, 0.5) is 10.6 Å². The van der Waals surface area contributed by atoms with E-state index in [0.29, 0.717) is 42.4 Å². The highest BCUT2D eigenvalue weighted by Gasteiger charge is 2.64. The number of aromatic nitrogens is 2. The lowest BCUT2D eigenvalue weighted by atomic mass is 9.65. The molecule has 3 aliphatic heterocycles. The molecule has 0 unspecified atom stereocenters. The summed E-state index contributed by atoms with van der Waals surface area (Å²) in [5.74, 6) is 0.231. The Morgan fingerprint density at radius 1 is 1.00 bits per heavy atom. The first-order chi connectivity index (χ1) is 21.3. The number of ether oxygens (including phenoxy) is 2. The number of hydrogen-bond donors (Lipinski definition) is 1. The van der Waals surface area contributed by atoms with Crippen LogP contribution in [-0.2, 0) is 28.9 Å². The molecule has 5 heterocycles. The quantitative estimate of drug-likeness (QED) is 0.351. The van der Waals surface area contributed by atoms with Gasteiger partial charge in [-0.1, -0.05) is 36.4 Å². The van der Waals surface area contributed by atoms with Gasteiger partial charge in [-0.15, -0.1) is 0 Å². The Kier molecular flexibility index (Phi) is 6.42. The number of amides is 4. The van der Waals surface area contributed by atoms with E-state index in [0.717, 1.165) is 27.2 Å². The third kappa shape index (κ3) is 3.91. The molecular formula is C33H31N5O6. The molecule has 0 saturated carbocycles. The van der Waals surface area contributed by atoms with E-state index in [9.17, 15) is 19.2 Å². The molecule has 1 saturated heterocycles. The van der Waals surface area contributed by atoms with Gasteiger partial charge in [-0.2, -0.15) is 0 Å². The molecule has 224 valence electrons. The second-order valence-corrected chi connectivity index (χ2v) is 11.5. The number of barbiturate groups is 1. The monoisotopic (exact) mass is 593 g/mol. The lowest BCUT2D eigenvalue weighted by Crippen LogP contribution is -2.70. The number of anilines is 1. The molecule has 1 fully saturated rings. The summed E-state index contributed by atoms with van der Waals surface area (Å²) >= 11 is 0. The topological polar surface area (TPSA) is 123 Å². The molecule has 4 aromatic rings. The van der Waals surface area contributed by atoms with Crippen LogP contribution in [0.5, 0.6) is 11.5 Å². The molecule has 11 nitrogen and oxygen atoms in total. The maximum Gasteiger partial charge on any atom is 0.330 e. The molecular weight excluding hydrogens is 562 g/mol. The fourth-order valence-corrected chi connectivity index (χ4v) is 7.00. The Morgan fingerprint density at radius 2 is 1.80 bits per heavy atom. The number of aryl methyl sites for hydroxylation is 1. The molecule has 3 aliphatic rings. The van der Waals surface area contributed by atoms with Crippen molar-refractivity contribution in [1.82, 2.24) is 19.6 Å². The zero-order valence-corrected chi connectivity index (χ0v) is 24.6. The van der Waals surface area contributed by atoms with Gasteiger partial charge in [0.05, 0.1) is 25.8 Å². The highest BCUT2D eigenvalue weighted by Crippen LogP contribution is 2.52. The first-order valence-electron chi connectivity index (χ1n) is 14.5. The highest BCUT2D eigenvalue weighted by atomic mass is 16.5. The number of benzene rings is 2. The summed E-state index contributed by atoms with van der Waals surface area (Å²) in [7, 11) is 3.08. The van der Waals surface area contributed by atoms with Crippen LogP contribution in [0.15, 0.2) is 65.6 Å². The van der Waals surface area contributed by atoms with Crippen molar-refractivity contribution in [2.45, 2.75) is 32.2 Å².